The fraction of sp³-hybridized carbons (Fsp3) is 0.278. The van der Waals surface area contributed by atoms with Crippen LogP contribution in [0.4, 0.5) is 22.7 Å². The monoisotopic (exact) mass is 699 g/mol. The van der Waals surface area contributed by atoms with Crippen LogP contribution in [0.3, 0.4) is 0 Å². The Morgan fingerprint density at radius 3 is 1.76 bits per heavy atom. The topological polar surface area (TPSA) is 263 Å². The number of non-ortho nitro benzene ring substituents is 1. The Labute approximate surface area is 294 Å². The summed E-state index contributed by atoms with van der Waals surface area (Å²) in [6, 6.07) is 14.7. The molecule has 0 aliphatic carbocycles. The number of aryl methyl sites for hydroxylation is 4. The van der Waals surface area contributed by atoms with E-state index in [4.69, 9.17) is 38.9 Å². The van der Waals surface area contributed by atoms with E-state index in [0.717, 1.165) is 33.5 Å². The van der Waals surface area contributed by atoms with Gasteiger partial charge in [-0.25, -0.2) is 0 Å². The Hall–Kier alpha value is -6.06. The van der Waals surface area contributed by atoms with E-state index in [1.165, 1.54) is 22.7 Å². The molecule has 0 fully saturated rings. The van der Waals surface area contributed by atoms with E-state index in [-0.39, 0.29) is 17.8 Å². The summed E-state index contributed by atoms with van der Waals surface area (Å²) < 4.78 is 5.91. The van der Waals surface area contributed by atoms with E-state index in [0.29, 0.717) is 28.6 Å². The summed E-state index contributed by atoms with van der Waals surface area (Å²) in [6.07, 6.45) is 0.339. The molecule has 0 radical (unpaired) electrons. The first-order valence-corrected chi connectivity index (χ1v) is 16.0. The summed E-state index contributed by atoms with van der Waals surface area (Å²) in [5.41, 5.74) is 37.3. The van der Waals surface area contributed by atoms with Gasteiger partial charge in [0.1, 0.15) is 12.1 Å². The predicted octanol–water partition coefficient (Wildman–Crippen LogP) is 4.02. The molecule has 0 spiro atoms. The molecule has 51 heavy (non-hydrogen) atoms. The predicted molar refractivity (Wildman–Crippen MR) is 201 cm³/mol. The van der Waals surface area contributed by atoms with E-state index in [1.807, 2.05) is 48.9 Å². The molecule has 6 rings (SSSR count). The second-order valence-corrected chi connectivity index (χ2v) is 12.7. The highest BCUT2D eigenvalue weighted by molar-refractivity contribution is 5.96. The number of nitro groups is 1. The first kappa shape index (κ1) is 37.8. The third-order valence-corrected chi connectivity index (χ3v) is 9.36. The summed E-state index contributed by atoms with van der Waals surface area (Å²) in [6.45, 7) is 5.82. The Morgan fingerprint density at radius 1 is 0.706 bits per heavy atom. The molecule has 3 aromatic carbocycles. The molecule has 6 aromatic rings. The largest absolute Gasteiger partial charge is 0.480 e. The Balaban J connectivity index is 0.000000177. The van der Waals surface area contributed by atoms with Gasteiger partial charge in [0.25, 0.3) is 5.69 Å². The number of benzene rings is 3. The zero-order chi connectivity index (χ0) is 38.1. The minimum Gasteiger partial charge on any atom is -0.480 e. The number of aromatic nitrogens is 3. The molecule has 3 aromatic heterocycles. The van der Waals surface area contributed by atoms with Crippen LogP contribution in [0.2, 0.25) is 0 Å². The standard InChI is InChI=1S/C13H16N4O4.C13H17N3O2.C10H12N2/c1-6-8(5-9(15)13(18)19)12-10(16(6)2)3-7(14)4-11(12)17(20)21;1-7-10(6-11(15)13(17)18)9-4-3-8(14)5-12(9)16(7)2;1-7-5-8-3-4-9(11)6-10(8)12(7)2/h3-4,9H,5,14-15H2,1-2H3,(H,18,19);3-5,11H,6,14-15H2,1-2H3,(H,17,18);3-6H,11H2,1-2H3. The molecule has 12 N–H and O–H groups in total. The van der Waals surface area contributed by atoms with Gasteiger partial charge < -0.3 is 52.6 Å². The van der Waals surface area contributed by atoms with Crippen LogP contribution in [0.1, 0.15) is 28.2 Å². The molecular weight excluding hydrogens is 654 g/mol. The first-order valence-electron chi connectivity index (χ1n) is 16.0. The molecule has 0 aliphatic rings. The van der Waals surface area contributed by atoms with Crippen LogP contribution in [0, 0.1) is 30.9 Å². The number of anilines is 3. The fourth-order valence-corrected chi connectivity index (χ4v) is 6.18. The molecule has 2 atom stereocenters. The SMILES string of the molecule is Cc1c(CC(N)C(=O)O)c2c([N+](=O)[O-])cc(N)cc2n1C.Cc1c(CC(N)C(=O)O)c2ccc(N)cc2n1C.Cc1cc2ccc(N)cc2n1C. The molecule has 3 heterocycles. The molecule has 15 heteroatoms. The Bertz CT molecular complexity index is 2300. The Morgan fingerprint density at radius 2 is 1.20 bits per heavy atom. The number of nitrogen functional groups attached to an aromatic ring is 3. The van der Waals surface area contributed by atoms with Gasteiger partial charge >= 0.3 is 11.9 Å². The van der Waals surface area contributed by atoms with Gasteiger partial charge in [0, 0.05) is 85.1 Å². The van der Waals surface area contributed by atoms with Crippen molar-refractivity contribution < 1.29 is 24.7 Å². The third-order valence-electron chi connectivity index (χ3n) is 9.36. The van der Waals surface area contributed by atoms with Gasteiger partial charge in [-0.15, -0.1) is 0 Å². The van der Waals surface area contributed by atoms with Crippen molar-refractivity contribution in [3.8, 4) is 0 Å². The summed E-state index contributed by atoms with van der Waals surface area (Å²) in [7, 11) is 5.74. The average molecular weight is 700 g/mol. The van der Waals surface area contributed by atoms with Crippen LogP contribution in [-0.2, 0) is 43.6 Å². The lowest BCUT2D eigenvalue weighted by molar-refractivity contribution is -0.383. The lowest BCUT2D eigenvalue weighted by atomic mass is 10.0. The van der Waals surface area contributed by atoms with E-state index >= 15 is 0 Å². The maximum absolute atomic E-state index is 11.3. The summed E-state index contributed by atoms with van der Waals surface area (Å²) >= 11 is 0. The lowest BCUT2D eigenvalue weighted by Crippen LogP contribution is -2.32. The van der Waals surface area contributed by atoms with Gasteiger partial charge in [0.15, 0.2) is 0 Å². The van der Waals surface area contributed by atoms with Crippen LogP contribution in [0.5, 0.6) is 0 Å². The molecule has 15 nitrogen and oxygen atoms in total. The summed E-state index contributed by atoms with van der Waals surface area (Å²) in [5, 5.41) is 31.8. The van der Waals surface area contributed by atoms with Crippen LogP contribution in [0.15, 0.2) is 54.6 Å². The molecule has 0 saturated heterocycles. The number of carboxylic acids is 2. The van der Waals surface area contributed by atoms with Crippen LogP contribution >= 0.6 is 0 Å². The fourth-order valence-electron chi connectivity index (χ4n) is 6.18. The minimum atomic E-state index is -1.15. The number of carboxylic acid groups (broad SMARTS) is 2. The maximum Gasteiger partial charge on any atom is 0.320 e. The second kappa shape index (κ2) is 14.8. The van der Waals surface area contributed by atoms with Crippen LogP contribution < -0.4 is 28.7 Å². The Kier molecular flexibility index (Phi) is 11.0. The minimum absolute atomic E-state index is 0.0171. The van der Waals surface area contributed by atoms with Crippen molar-refractivity contribution in [2.24, 2.45) is 32.6 Å². The number of hydrogen-bond acceptors (Lipinski definition) is 9. The quantitative estimate of drug-likeness (QED) is 0.0710. The van der Waals surface area contributed by atoms with E-state index in [1.54, 1.807) is 24.6 Å². The third kappa shape index (κ3) is 7.74. The number of nitrogens with two attached hydrogens (primary N) is 5. The van der Waals surface area contributed by atoms with Crippen molar-refractivity contribution in [2.45, 2.75) is 45.7 Å². The van der Waals surface area contributed by atoms with Gasteiger partial charge in [-0.1, -0.05) is 12.1 Å². The molecule has 270 valence electrons. The van der Waals surface area contributed by atoms with E-state index in [9.17, 15) is 19.7 Å². The maximum atomic E-state index is 11.3. The van der Waals surface area contributed by atoms with Crippen LogP contribution in [-0.4, -0.2) is 52.9 Å². The number of hydrogen-bond donors (Lipinski definition) is 7. The van der Waals surface area contributed by atoms with Crippen molar-refractivity contribution in [3.05, 3.63) is 92.9 Å². The normalized spacial score (nSPS) is 12.2. The van der Waals surface area contributed by atoms with Crippen LogP contribution in [0.25, 0.3) is 32.7 Å². The van der Waals surface area contributed by atoms with Crippen molar-refractivity contribution in [1.29, 1.82) is 0 Å². The van der Waals surface area contributed by atoms with Gasteiger partial charge in [-0.3, -0.25) is 19.7 Å². The van der Waals surface area contributed by atoms with Crippen molar-refractivity contribution in [3.63, 3.8) is 0 Å². The highest BCUT2D eigenvalue weighted by Crippen LogP contribution is 2.35. The molecule has 2 unspecified atom stereocenters. The number of carbonyl (C=O) groups is 2. The molecule has 0 aliphatic heterocycles. The van der Waals surface area contributed by atoms with Gasteiger partial charge in [0.2, 0.25) is 0 Å². The smallest absolute Gasteiger partial charge is 0.320 e. The number of nitro benzene ring substituents is 1. The molecule has 0 saturated carbocycles. The van der Waals surface area contributed by atoms with E-state index in [2.05, 4.69) is 30.7 Å². The summed E-state index contributed by atoms with van der Waals surface area (Å²) in [4.78, 5) is 32.5. The molecule has 0 bridgehead atoms. The highest BCUT2D eigenvalue weighted by atomic mass is 16.6. The zero-order valence-electron chi connectivity index (χ0n) is 29.5. The summed E-state index contributed by atoms with van der Waals surface area (Å²) in [5.74, 6) is -2.13. The van der Waals surface area contributed by atoms with Gasteiger partial charge in [-0.2, -0.15) is 0 Å². The molecular formula is C36H45N9O6. The first-order chi connectivity index (χ1) is 23.8. The van der Waals surface area contributed by atoms with Gasteiger partial charge in [-0.05, 0) is 73.7 Å². The highest BCUT2D eigenvalue weighted by Gasteiger charge is 2.25. The van der Waals surface area contributed by atoms with Crippen molar-refractivity contribution >= 4 is 67.4 Å². The van der Waals surface area contributed by atoms with Crippen molar-refractivity contribution in [2.75, 3.05) is 17.2 Å². The van der Waals surface area contributed by atoms with Crippen molar-refractivity contribution in [1.82, 2.24) is 13.7 Å². The lowest BCUT2D eigenvalue weighted by Gasteiger charge is -2.07. The molecule has 0 amide bonds. The van der Waals surface area contributed by atoms with Gasteiger partial charge in [0.05, 0.1) is 21.3 Å². The zero-order valence-corrected chi connectivity index (χ0v) is 29.5. The number of nitrogens with zero attached hydrogens (tertiary/aromatic N) is 4. The number of aliphatic carboxylic acids is 2. The number of fused-ring (bicyclic) bond motifs is 3. The van der Waals surface area contributed by atoms with E-state index < -0.39 is 28.9 Å². The number of rotatable bonds is 7. The average Bonchev–Trinajstić information content (AvgIpc) is 3.58. The second-order valence-electron chi connectivity index (χ2n) is 12.7.